The lowest BCUT2D eigenvalue weighted by Crippen LogP contribution is -2.40. The molecule has 0 aliphatic heterocycles. The molecule has 1 rings (SSSR count). The van der Waals surface area contributed by atoms with Gasteiger partial charge in [0.25, 0.3) is 0 Å². The summed E-state index contributed by atoms with van der Waals surface area (Å²) in [6.45, 7) is 9.34. The van der Waals surface area contributed by atoms with Gasteiger partial charge in [-0.05, 0) is 33.3 Å². The quantitative estimate of drug-likeness (QED) is 0.797. The summed E-state index contributed by atoms with van der Waals surface area (Å²) in [6, 6.07) is 8.48. The van der Waals surface area contributed by atoms with Crippen LogP contribution in [0.4, 0.5) is 0 Å². The maximum absolute atomic E-state index is 6.09. The first kappa shape index (κ1) is 12.2. The van der Waals surface area contributed by atoms with Crippen molar-refractivity contribution in [2.24, 2.45) is 5.73 Å². The minimum atomic E-state index is 0.0739. The van der Waals surface area contributed by atoms with Gasteiger partial charge in [0.2, 0.25) is 0 Å². The molecular weight excluding hydrogens is 184 g/mol. The van der Waals surface area contributed by atoms with Crippen LogP contribution in [-0.2, 0) is 0 Å². The summed E-state index contributed by atoms with van der Waals surface area (Å²) in [7, 11) is 0. The lowest BCUT2D eigenvalue weighted by molar-refractivity contribution is 0.408. The number of hydrogen-bond acceptors (Lipinski definition) is 2. The summed E-state index contributed by atoms with van der Waals surface area (Å²) in [5.41, 5.74) is 8.68. The molecule has 15 heavy (non-hydrogen) atoms. The molecule has 1 atom stereocenters. The van der Waals surface area contributed by atoms with Crippen LogP contribution >= 0.6 is 0 Å². The zero-order valence-electron chi connectivity index (χ0n) is 10.2. The standard InChI is InChI=1S/C13H22N2/c1-10-5-7-11(8-6-10)12(14)9-15-13(2,3)4/h5-8,12,15H,9,14H2,1-4H3. The fourth-order valence-corrected chi connectivity index (χ4v) is 1.35. The first-order chi connectivity index (χ1) is 6.88. The van der Waals surface area contributed by atoms with Gasteiger partial charge in [-0.2, -0.15) is 0 Å². The van der Waals surface area contributed by atoms with Crippen LogP contribution in [0.3, 0.4) is 0 Å². The van der Waals surface area contributed by atoms with Crippen LogP contribution in [0.5, 0.6) is 0 Å². The molecule has 1 unspecified atom stereocenters. The monoisotopic (exact) mass is 206 g/mol. The summed E-state index contributed by atoms with van der Waals surface area (Å²) in [4.78, 5) is 0. The highest BCUT2D eigenvalue weighted by Gasteiger charge is 2.12. The Morgan fingerprint density at radius 2 is 1.73 bits per heavy atom. The molecule has 0 saturated carbocycles. The van der Waals surface area contributed by atoms with Gasteiger partial charge < -0.3 is 11.1 Å². The largest absolute Gasteiger partial charge is 0.323 e. The third-order valence-corrected chi connectivity index (χ3v) is 2.36. The summed E-state index contributed by atoms with van der Waals surface area (Å²) in [5.74, 6) is 0. The van der Waals surface area contributed by atoms with Gasteiger partial charge in [0.1, 0.15) is 0 Å². The Balaban J connectivity index is 2.54. The molecule has 3 N–H and O–H groups in total. The first-order valence-corrected chi connectivity index (χ1v) is 5.46. The van der Waals surface area contributed by atoms with Crippen LogP contribution in [0, 0.1) is 6.92 Å². The molecule has 0 spiro atoms. The number of nitrogens with one attached hydrogen (secondary N) is 1. The van der Waals surface area contributed by atoms with Gasteiger partial charge in [-0.25, -0.2) is 0 Å². The molecule has 84 valence electrons. The maximum Gasteiger partial charge on any atom is 0.0421 e. The van der Waals surface area contributed by atoms with E-state index in [2.05, 4.69) is 57.3 Å². The van der Waals surface area contributed by atoms with Crippen molar-refractivity contribution >= 4 is 0 Å². The van der Waals surface area contributed by atoms with Crippen molar-refractivity contribution < 1.29 is 0 Å². The third-order valence-electron chi connectivity index (χ3n) is 2.36. The van der Waals surface area contributed by atoms with E-state index in [1.54, 1.807) is 0 Å². The van der Waals surface area contributed by atoms with Crippen LogP contribution < -0.4 is 11.1 Å². The second kappa shape index (κ2) is 4.77. The van der Waals surface area contributed by atoms with Gasteiger partial charge >= 0.3 is 0 Å². The Bertz CT molecular complexity index is 295. The maximum atomic E-state index is 6.09. The van der Waals surface area contributed by atoms with Crippen LogP contribution in [-0.4, -0.2) is 12.1 Å². The van der Waals surface area contributed by atoms with Crippen LogP contribution in [0.15, 0.2) is 24.3 Å². The normalized spacial score (nSPS) is 13.9. The number of aryl methyl sites for hydroxylation is 1. The van der Waals surface area contributed by atoms with Crippen molar-refractivity contribution in [3.63, 3.8) is 0 Å². The minimum Gasteiger partial charge on any atom is -0.323 e. The molecule has 2 nitrogen and oxygen atoms in total. The van der Waals surface area contributed by atoms with E-state index in [1.165, 1.54) is 11.1 Å². The predicted molar refractivity (Wildman–Crippen MR) is 65.9 cm³/mol. The summed E-state index contributed by atoms with van der Waals surface area (Å²) < 4.78 is 0. The molecular formula is C13H22N2. The fraction of sp³-hybridized carbons (Fsp3) is 0.538. The fourth-order valence-electron chi connectivity index (χ4n) is 1.35. The number of nitrogens with two attached hydrogens (primary N) is 1. The van der Waals surface area contributed by atoms with Crippen molar-refractivity contribution in [1.82, 2.24) is 5.32 Å². The highest BCUT2D eigenvalue weighted by molar-refractivity contribution is 5.24. The Labute approximate surface area is 92.9 Å². The summed E-state index contributed by atoms with van der Waals surface area (Å²) in [5, 5.41) is 3.41. The van der Waals surface area contributed by atoms with Gasteiger partial charge in [0.15, 0.2) is 0 Å². The van der Waals surface area contributed by atoms with E-state index in [0.29, 0.717) is 0 Å². The van der Waals surface area contributed by atoms with Crippen LogP contribution in [0.1, 0.15) is 37.9 Å². The Morgan fingerprint density at radius 1 is 1.20 bits per heavy atom. The summed E-state index contributed by atoms with van der Waals surface area (Å²) >= 11 is 0. The lowest BCUT2D eigenvalue weighted by Gasteiger charge is -2.23. The second-order valence-corrected chi connectivity index (χ2v) is 5.15. The molecule has 0 heterocycles. The smallest absolute Gasteiger partial charge is 0.0421 e. The minimum absolute atomic E-state index is 0.0739. The van der Waals surface area contributed by atoms with E-state index in [0.717, 1.165) is 6.54 Å². The zero-order valence-corrected chi connectivity index (χ0v) is 10.2. The molecule has 2 heteroatoms. The Kier molecular flexibility index (Phi) is 3.89. The number of benzene rings is 1. The average molecular weight is 206 g/mol. The van der Waals surface area contributed by atoms with E-state index < -0.39 is 0 Å². The van der Waals surface area contributed by atoms with E-state index in [4.69, 9.17) is 5.73 Å². The number of hydrogen-bond donors (Lipinski definition) is 2. The zero-order chi connectivity index (χ0) is 11.5. The van der Waals surface area contributed by atoms with E-state index in [1.807, 2.05) is 0 Å². The second-order valence-electron chi connectivity index (χ2n) is 5.15. The SMILES string of the molecule is Cc1ccc(C(N)CNC(C)(C)C)cc1. The third kappa shape index (κ3) is 4.45. The Morgan fingerprint density at radius 3 is 2.20 bits per heavy atom. The van der Waals surface area contributed by atoms with Crippen molar-refractivity contribution in [1.29, 1.82) is 0 Å². The molecule has 0 fully saturated rings. The number of rotatable bonds is 3. The summed E-state index contributed by atoms with van der Waals surface area (Å²) in [6.07, 6.45) is 0. The highest BCUT2D eigenvalue weighted by atomic mass is 15.0. The van der Waals surface area contributed by atoms with Crippen molar-refractivity contribution in [2.75, 3.05) is 6.54 Å². The van der Waals surface area contributed by atoms with Gasteiger partial charge in [-0.15, -0.1) is 0 Å². The highest BCUT2D eigenvalue weighted by Crippen LogP contribution is 2.11. The van der Waals surface area contributed by atoms with Crippen LogP contribution in [0.25, 0.3) is 0 Å². The van der Waals surface area contributed by atoms with Crippen molar-refractivity contribution in [3.8, 4) is 0 Å². The molecule has 0 bridgehead atoms. The van der Waals surface area contributed by atoms with E-state index in [9.17, 15) is 0 Å². The molecule has 1 aromatic rings. The molecule has 0 aromatic heterocycles. The molecule has 0 aliphatic rings. The Hall–Kier alpha value is -0.860. The average Bonchev–Trinajstić information content (AvgIpc) is 2.14. The first-order valence-electron chi connectivity index (χ1n) is 5.46. The van der Waals surface area contributed by atoms with Gasteiger partial charge in [0, 0.05) is 18.1 Å². The molecule has 0 aliphatic carbocycles. The van der Waals surface area contributed by atoms with Gasteiger partial charge in [-0.1, -0.05) is 29.8 Å². The lowest BCUT2D eigenvalue weighted by atomic mass is 10.0. The molecule has 0 radical (unpaired) electrons. The molecule has 0 saturated heterocycles. The van der Waals surface area contributed by atoms with Crippen LogP contribution in [0.2, 0.25) is 0 Å². The van der Waals surface area contributed by atoms with Crippen molar-refractivity contribution in [3.05, 3.63) is 35.4 Å². The molecule has 0 amide bonds. The topological polar surface area (TPSA) is 38.0 Å². The van der Waals surface area contributed by atoms with Gasteiger partial charge in [0.05, 0.1) is 0 Å². The predicted octanol–water partition coefficient (Wildman–Crippen LogP) is 2.38. The van der Waals surface area contributed by atoms with Gasteiger partial charge in [-0.3, -0.25) is 0 Å². The van der Waals surface area contributed by atoms with E-state index in [-0.39, 0.29) is 11.6 Å². The van der Waals surface area contributed by atoms with E-state index >= 15 is 0 Å². The van der Waals surface area contributed by atoms with Crippen molar-refractivity contribution in [2.45, 2.75) is 39.3 Å². The molecule has 1 aromatic carbocycles.